The number of unbranched alkanes of at least 4 members (excludes halogenated alkanes) is 1. The molecule has 3 N–H and O–H groups in total. The Morgan fingerprint density at radius 2 is 1.98 bits per heavy atom. The summed E-state index contributed by atoms with van der Waals surface area (Å²) in [5, 5.41) is 15.9. The average Bonchev–Trinajstić information content (AvgIpc) is 2.99. The Morgan fingerprint density at radius 3 is 2.67 bits per heavy atom. The molecule has 2 aromatic rings. The minimum absolute atomic E-state index is 0.0954. The number of nitrogens with zero attached hydrogens (tertiary/aromatic N) is 2. The van der Waals surface area contributed by atoms with E-state index in [4.69, 9.17) is 14.5 Å². The van der Waals surface area contributed by atoms with Gasteiger partial charge in [0.15, 0.2) is 0 Å². The number of halogens is 2. The number of fused-ring (bicyclic) bond motifs is 1. The Labute approximate surface area is 247 Å². The third-order valence-corrected chi connectivity index (χ3v) is 7.82. The lowest BCUT2D eigenvalue weighted by Crippen LogP contribution is -2.50. The number of ether oxygens (including phenoxy) is 2. The Balaban J connectivity index is 1.60. The highest BCUT2D eigenvalue weighted by Gasteiger charge is 2.35. The number of hydrogen-bond donors (Lipinski definition) is 3. The first-order valence-electron chi connectivity index (χ1n) is 14.5. The van der Waals surface area contributed by atoms with Gasteiger partial charge in [0.1, 0.15) is 30.1 Å². The van der Waals surface area contributed by atoms with Crippen LogP contribution in [-0.2, 0) is 32.6 Å². The van der Waals surface area contributed by atoms with E-state index in [1.807, 2.05) is 4.90 Å². The van der Waals surface area contributed by atoms with E-state index < -0.39 is 41.9 Å². The third-order valence-electron chi connectivity index (χ3n) is 7.82. The van der Waals surface area contributed by atoms with Crippen molar-refractivity contribution in [2.24, 2.45) is 0 Å². The van der Waals surface area contributed by atoms with E-state index in [1.165, 1.54) is 38.0 Å². The fourth-order valence-electron chi connectivity index (χ4n) is 5.12. The second-order valence-electron chi connectivity index (χ2n) is 11.2. The Hall–Kier alpha value is -3.31. The Kier molecular flexibility index (Phi) is 12.5. The first-order chi connectivity index (χ1) is 20.1. The molecule has 0 saturated carbocycles. The second-order valence-corrected chi connectivity index (χ2v) is 11.2. The maximum atomic E-state index is 14.0. The normalized spacial score (nSPS) is 14.5. The van der Waals surface area contributed by atoms with E-state index in [0.717, 1.165) is 50.2 Å². The van der Waals surface area contributed by atoms with Crippen LogP contribution in [0.15, 0.2) is 30.3 Å². The summed E-state index contributed by atoms with van der Waals surface area (Å²) < 4.78 is 38.0. The number of amides is 1. The van der Waals surface area contributed by atoms with Gasteiger partial charge in [0, 0.05) is 38.0 Å². The predicted molar refractivity (Wildman–Crippen MR) is 157 cm³/mol. The van der Waals surface area contributed by atoms with Gasteiger partial charge in [-0.1, -0.05) is 6.07 Å². The topological polar surface area (TPSA) is 113 Å². The molecule has 1 aliphatic heterocycles. The highest BCUT2D eigenvalue weighted by molar-refractivity contribution is 5.91. The summed E-state index contributed by atoms with van der Waals surface area (Å²) >= 11 is 0. The fourth-order valence-corrected chi connectivity index (χ4v) is 5.12. The lowest BCUT2D eigenvalue weighted by molar-refractivity contribution is -0.143. The molecule has 0 radical (unpaired) electrons. The largest absolute Gasteiger partial charge is 0.496 e. The second kappa shape index (κ2) is 15.8. The molecule has 0 unspecified atom stereocenters. The van der Waals surface area contributed by atoms with Crippen molar-refractivity contribution in [3.05, 3.63) is 53.0 Å². The Morgan fingerprint density at radius 1 is 1.19 bits per heavy atom. The number of aromatic nitrogens is 1. The summed E-state index contributed by atoms with van der Waals surface area (Å²) in [6.45, 7) is 4.65. The molecule has 0 saturated heterocycles. The summed E-state index contributed by atoms with van der Waals surface area (Å²) in [4.78, 5) is 32.1. The minimum Gasteiger partial charge on any atom is -0.496 e. The zero-order valence-corrected chi connectivity index (χ0v) is 25.1. The standard InChI is InChI=1S/C31H44F2N4O5/c1-31(2,25-18-22(33)11-13-27(25)42-4)30(40)36-26(29(38)39)14-17-37(20-24(19-32)41-3)16-6-5-9-23-12-10-21-8-7-15-34-28(21)35-23/h10-13,18,24,26H,5-9,14-17,19-20H2,1-4H3,(H,34,35)(H,36,40)(H,38,39)/t24-,26+/m1/s1. The summed E-state index contributed by atoms with van der Waals surface area (Å²) in [5.41, 5.74) is 1.30. The molecule has 42 heavy (non-hydrogen) atoms. The number of carbonyl (C=O) groups is 2. The van der Waals surface area contributed by atoms with Gasteiger partial charge in [0.05, 0.1) is 18.6 Å². The lowest BCUT2D eigenvalue weighted by Gasteiger charge is -2.30. The number of benzene rings is 1. The van der Waals surface area contributed by atoms with Gasteiger partial charge < -0.3 is 30.1 Å². The van der Waals surface area contributed by atoms with Crippen LogP contribution in [0.3, 0.4) is 0 Å². The minimum atomic E-state index is -1.27. The van der Waals surface area contributed by atoms with Gasteiger partial charge in [-0.05, 0) is 88.7 Å². The van der Waals surface area contributed by atoms with E-state index in [2.05, 4.69) is 22.8 Å². The van der Waals surface area contributed by atoms with Crippen LogP contribution in [0.1, 0.15) is 56.4 Å². The van der Waals surface area contributed by atoms with Crippen LogP contribution in [0.2, 0.25) is 0 Å². The van der Waals surface area contributed by atoms with Gasteiger partial charge in [-0.15, -0.1) is 0 Å². The molecule has 3 rings (SSSR count). The number of nitrogens with one attached hydrogen (secondary N) is 2. The van der Waals surface area contributed by atoms with Gasteiger partial charge in [-0.2, -0.15) is 0 Å². The van der Waals surface area contributed by atoms with Crippen LogP contribution in [0.5, 0.6) is 5.75 Å². The highest BCUT2D eigenvalue weighted by Crippen LogP contribution is 2.32. The van der Waals surface area contributed by atoms with Crippen molar-refractivity contribution in [3.8, 4) is 5.75 Å². The van der Waals surface area contributed by atoms with Crippen molar-refractivity contribution in [2.45, 2.75) is 69.9 Å². The Bertz CT molecular complexity index is 1190. The average molecular weight is 591 g/mol. The number of methoxy groups -OCH3 is 2. The SMILES string of the molecule is COc1ccc(F)cc1C(C)(C)C(=O)N[C@@H](CCN(CCCCc1ccc2c(n1)NCCC2)C[C@@H](CF)OC)C(=O)O. The van der Waals surface area contributed by atoms with Crippen LogP contribution in [0, 0.1) is 5.82 Å². The van der Waals surface area contributed by atoms with E-state index in [-0.39, 0.29) is 6.42 Å². The monoisotopic (exact) mass is 590 g/mol. The molecule has 1 aliphatic rings. The van der Waals surface area contributed by atoms with Crippen molar-refractivity contribution in [3.63, 3.8) is 0 Å². The number of carboxylic acids is 1. The molecular weight excluding hydrogens is 546 g/mol. The maximum Gasteiger partial charge on any atom is 0.326 e. The molecule has 2 heterocycles. The smallest absolute Gasteiger partial charge is 0.326 e. The van der Waals surface area contributed by atoms with Crippen LogP contribution < -0.4 is 15.4 Å². The molecule has 1 aromatic heterocycles. The summed E-state index contributed by atoms with van der Waals surface area (Å²) in [6, 6.07) is 6.88. The molecule has 0 bridgehead atoms. The van der Waals surface area contributed by atoms with Crippen LogP contribution in [0.25, 0.3) is 0 Å². The number of carboxylic acid groups (broad SMARTS) is 1. The van der Waals surface area contributed by atoms with Gasteiger partial charge in [0.25, 0.3) is 0 Å². The number of pyridine rings is 1. The number of rotatable bonds is 17. The highest BCUT2D eigenvalue weighted by atomic mass is 19.1. The number of aryl methyl sites for hydroxylation is 2. The van der Waals surface area contributed by atoms with E-state index >= 15 is 0 Å². The molecule has 11 heteroatoms. The van der Waals surface area contributed by atoms with E-state index in [9.17, 15) is 23.5 Å². The summed E-state index contributed by atoms with van der Waals surface area (Å²) in [7, 11) is 2.87. The maximum absolute atomic E-state index is 14.0. The van der Waals surface area contributed by atoms with Crippen LogP contribution in [0.4, 0.5) is 14.6 Å². The van der Waals surface area contributed by atoms with Crippen LogP contribution >= 0.6 is 0 Å². The summed E-state index contributed by atoms with van der Waals surface area (Å²) in [6.07, 6.45) is 4.05. The zero-order chi connectivity index (χ0) is 30.7. The van der Waals surface area contributed by atoms with Gasteiger partial charge in [0.2, 0.25) is 5.91 Å². The molecule has 232 valence electrons. The first kappa shape index (κ1) is 33.2. The van der Waals surface area contributed by atoms with Gasteiger partial charge in [-0.3, -0.25) is 4.79 Å². The van der Waals surface area contributed by atoms with Crippen molar-refractivity contribution in [2.75, 3.05) is 52.4 Å². The summed E-state index contributed by atoms with van der Waals surface area (Å²) in [5.74, 6) is -1.00. The molecule has 9 nitrogen and oxygen atoms in total. The van der Waals surface area contributed by atoms with Crippen LogP contribution in [-0.4, -0.2) is 86.1 Å². The first-order valence-corrected chi connectivity index (χ1v) is 14.5. The molecule has 2 atom stereocenters. The molecular formula is C31H44F2N4O5. The quantitative estimate of drug-likeness (QED) is 0.236. The molecule has 0 spiro atoms. The van der Waals surface area contributed by atoms with E-state index in [1.54, 1.807) is 13.8 Å². The number of hydrogen-bond acceptors (Lipinski definition) is 7. The van der Waals surface area contributed by atoms with Crippen molar-refractivity contribution >= 4 is 17.7 Å². The third kappa shape index (κ3) is 9.09. The fraction of sp³-hybridized carbons (Fsp3) is 0.581. The zero-order valence-electron chi connectivity index (χ0n) is 25.1. The molecule has 0 aliphatic carbocycles. The van der Waals surface area contributed by atoms with Crippen molar-refractivity contribution in [1.29, 1.82) is 0 Å². The number of anilines is 1. The van der Waals surface area contributed by atoms with Crippen molar-refractivity contribution in [1.82, 2.24) is 15.2 Å². The molecule has 0 fully saturated rings. The van der Waals surface area contributed by atoms with Gasteiger partial charge in [-0.25, -0.2) is 18.6 Å². The number of alkyl halides is 1. The predicted octanol–water partition coefficient (Wildman–Crippen LogP) is 4.13. The number of aliphatic carboxylic acids is 1. The molecule has 1 amide bonds. The van der Waals surface area contributed by atoms with Crippen molar-refractivity contribution < 1.29 is 33.0 Å². The van der Waals surface area contributed by atoms with E-state index in [0.29, 0.717) is 30.9 Å². The molecule has 1 aromatic carbocycles. The van der Waals surface area contributed by atoms with Gasteiger partial charge >= 0.3 is 5.97 Å². The number of carbonyl (C=O) groups excluding carboxylic acids is 1. The lowest BCUT2D eigenvalue weighted by atomic mass is 9.82.